The van der Waals surface area contributed by atoms with Crippen LogP contribution in [0.1, 0.15) is 50.5 Å². The number of hydrogen-bond acceptors (Lipinski definition) is 2. The van der Waals surface area contributed by atoms with Crippen molar-refractivity contribution < 1.29 is 0 Å². The first-order valence-electron chi connectivity index (χ1n) is 6.73. The van der Waals surface area contributed by atoms with Crippen LogP contribution in [0, 0.1) is 18.3 Å². The molecule has 2 rings (SSSR count). The van der Waals surface area contributed by atoms with Crippen LogP contribution in [0.3, 0.4) is 0 Å². The topological polar surface area (TPSA) is 12.0 Å². The Hall–Kier alpha value is -0.340. The highest BCUT2D eigenvalue weighted by Gasteiger charge is 2.31. The molecule has 1 aliphatic carbocycles. The number of nitrogens with one attached hydrogen (secondary N) is 1. The second-order valence-corrected chi connectivity index (χ2v) is 7.52. The first-order chi connectivity index (χ1) is 7.96. The Kier molecular flexibility index (Phi) is 3.94. The Morgan fingerprint density at radius 3 is 2.76 bits per heavy atom. The molecule has 2 unspecified atom stereocenters. The highest BCUT2D eigenvalue weighted by Crippen LogP contribution is 2.38. The summed E-state index contributed by atoms with van der Waals surface area (Å²) in [4.78, 5) is 1.50. The molecule has 1 aromatic rings. The van der Waals surface area contributed by atoms with E-state index in [-0.39, 0.29) is 0 Å². The number of aryl methyl sites for hydroxylation is 1. The molecule has 96 valence electrons. The van der Waals surface area contributed by atoms with Gasteiger partial charge >= 0.3 is 0 Å². The van der Waals surface area contributed by atoms with Gasteiger partial charge in [0.15, 0.2) is 0 Å². The van der Waals surface area contributed by atoms with E-state index >= 15 is 0 Å². The van der Waals surface area contributed by atoms with Crippen LogP contribution in [-0.2, 0) is 6.54 Å². The van der Waals surface area contributed by atoms with Crippen molar-refractivity contribution >= 4 is 11.3 Å². The fraction of sp³-hybridized carbons (Fsp3) is 0.733. The third-order valence-electron chi connectivity index (χ3n) is 3.91. The lowest BCUT2D eigenvalue weighted by Gasteiger charge is -2.39. The molecule has 1 aliphatic rings. The third kappa shape index (κ3) is 3.56. The van der Waals surface area contributed by atoms with Crippen molar-refractivity contribution in [2.24, 2.45) is 11.3 Å². The van der Waals surface area contributed by atoms with E-state index in [0.717, 1.165) is 12.5 Å². The lowest BCUT2D eigenvalue weighted by Crippen LogP contribution is -2.39. The predicted octanol–water partition coefficient (Wildman–Crippen LogP) is 4.36. The van der Waals surface area contributed by atoms with E-state index in [0.29, 0.717) is 11.5 Å². The molecule has 2 atom stereocenters. The van der Waals surface area contributed by atoms with Gasteiger partial charge in [-0.05, 0) is 54.5 Å². The maximum atomic E-state index is 3.76. The molecule has 1 nitrogen and oxygen atoms in total. The second-order valence-electron chi connectivity index (χ2n) is 6.52. The van der Waals surface area contributed by atoms with Crippen molar-refractivity contribution in [2.75, 3.05) is 0 Å². The molecular weight excluding hydrogens is 226 g/mol. The first-order valence-corrected chi connectivity index (χ1v) is 7.60. The summed E-state index contributed by atoms with van der Waals surface area (Å²) in [7, 11) is 0. The lowest BCUT2D eigenvalue weighted by atomic mass is 9.70. The molecule has 1 saturated carbocycles. The van der Waals surface area contributed by atoms with Crippen molar-refractivity contribution in [1.29, 1.82) is 0 Å². The molecule has 0 radical (unpaired) electrons. The average Bonchev–Trinajstić information content (AvgIpc) is 2.58. The van der Waals surface area contributed by atoms with E-state index in [4.69, 9.17) is 0 Å². The Labute approximate surface area is 110 Å². The van der Waals surface area contributed by atoms with E-state index in [9.17, 15) is 0 Å². The van der Waals surface area contributed by atoms with Gasteiger partial charge in [-0.15, -0.1) is 11.3 Å². The summed E-state index contributed by atoms with van der Waals surface area (Å²) in [5, 5.41) is 5.96. The second kappa shape index (κ2) is 5.11. The molecule has 1 aromatic heterocycles. The van der Waals surface area contributed by atoms with Crippen LogP contribution in [0.5, 0.6) is 0 Å². The SMILES string of the molecule is Cc1ccsc1CNC1CC(C)CC(C)(C)C1. The molecule has 0 spiro atoms. The third-order valence-corrected chi connectivity index (χ3v) is 4.93. The highest BCUT2D eigenvalue weighted by atomic mass is 32.1. The summed E-state index contributed by atoms with van der Waals surface area (Å²) >= 11 is 1.88. The molecule has 2 heteroatoms. The van der Waals surface area contributed by atoms with Crippen molar-refractivity contribution in [3.05, 3.63) is 21.9 Å². The zero-order valence-electron chi connectivity index (χ0n) is 11.5. The minimum absolute atomic E-state index is 0.514. The zero-order chi connectivity index (χ0) is 12.5. The van der Waals surface area contributed by atoms with Gasteiger partial charge in [0.1, 0.15) is 0 Å². The van der Waals surface area contributed by atoms with Gasteiger partial charge in [-0.2, -0.15) is 0 Å². The van der Waals surface area contributed by atoms with Crippen LogP contribution in [0.4, 0.5) is 0 Å². The molecule has 17 heavy (non-hydrogen) atoms. The summed E-state index contributed by atoms with van der Waals surface area (Å²) < 4.78 is 0. The molecule has 0 amide bonds. The van der Waals surface area contributed by atoms with Crippen LogP contribution >= 0.6 is 11.3 Å². The van der Waals surface area contributed by atoms with Crippen LogP contribution in [0.25, 0.3) is 0 Å². The van der Waals surface area contributed by atoms with E-state index in [1.807, 2.05) is 11.3 Å². The Balaban J connectivity index is 1.89. The van der Waals surface area contributed by atoms with Gasteiger partial charge in [-0.1, -0.05) is 20.8 Å². The van der Waals surface area contributed by atoms with Gasteiger partial charge in [0.25, 0.3) is 0 Å². The molecule has 0 aliphatic heterocycles. The summed E-state index contributed by atoms with van der Waals surface area (Å²) in [6.45, 7) is 10.5. The van der Waals surface area contributed by atoms with Crippen LogP contribution in [0.15, 0.2) is 11.4 Å². The predicted molar refractivity (Wildman–Crippen MR) is 76.5 cm³/mol. The Morgan fingerprint density at radius 1 is 1.41 bits per heavy atom. The maximum absolute atomic E-state index is 3.76. The lowest BCUT2D eigenvalue weighted by molar-refractivity contribution is 0.151. The summed E-state index contributed by atoms with van der Waals surface area (Å²) in [6.07, 6.45) is 4.04. The largest absolute Gasteiger partial charge is 0.309 e. The quantitative estimate of drug-likeness (QED) is 0.841. The van der Waals surface area contributed by atoms with Gasteiger partial charge in [0, 0.05) is 17.5 Å². The van der Waals surface area contributed by atoms with Gasteiger partial charge in [-0.3, -0.25) is 0 Å². The van der Waals surface area contributed by atoms with Crippen molar-refractivity contribution in [3.63, 3.8) is 0 Å². The smallest absolute Gasteiger partial charge is 0.0304 e. The zero-order valence-corrected chi connectivity index (χ0v) is 12.4. The maximum Gasteiger partial charge on any atom is 0.0304 e. The number of hydrogen-bond donors (Lipinski definition) is 1. The van der Waals surface area contributed by atoms with E-state index < -0.39 is 0 Å². The minimum atomic E-state index is 0.514. The molecule has 1 fully saturated rings. The molecule has 0 aromatic carbocycles. The van der Waals surface area contributed by atoms with Gasteiger partial charge in [0.05, 0.1) is 0 Å². The number of thiophene rings is 1. The van der Waals surface area contributed by atoms with Crippen LogP contribution in [0.2, 0.25) is 0 Å². The molecule has 0 bridgehead atoms. The highest BCUT2D eigenvalue weighted by molar-refractivity contribution is 7.10. The fourth-order valence-corrected chi connectivity index (χ4v) is 4.18. The summed E-state index contributed by atoms with van der Waals surface area (Å²) in [6, 6.07) is 2.92. The van der Waals surface area contributed by atoms with Crippen molar-refractivity contribution in [2.45, 2.75) is 59.5 Å². The molecule has 1 heterocycles. The average molecular weight is 251 g/mol. The number of rotatable bonds is 3. The van der Waals surface area contributed by atoms with Crippen LogP contribution < -0.4 is 5.32 Å². The van der Waals surface area contributed by atoms with E-state index in [2.05, 4.69) is 44.5 Å². The van der Waals surface area contributed by atoms with E-state index in [1.165, 1.54) is 29.7 Å². The normalized spacial score (nSPS) is 28.2. The van der Waals surface area contributed by atoms with E-state index in [1.54, 1.807) is 0 Å². The molecular formula is C15H25NS. The Bertz CT molecular complexity index is 367. The first kappa shape index (κ1) is 13.1. The summed E-state index contributed by atoms with van der Waals surface area (Å²) in [5.74, 6) is 0.862. The van der Waals surface area contributed by atoms with Crippen LogP contribution in [-0.4, -0.2) is 6.04 Å². The standard InChI is InChI=1S/C15H25NS/c1-11-7-13(9-15(3,4)8-11)16-10-14-12(2)5-6-17-14/h5-6,11,13,16H,7-10H2,1-4H3. The fourth-order valence-electron chi connectivity index (χ4n) is 3.32. The summed E-state index contributed by atoms with van der Waals surface area (Å²) in [5.41, 5.74) is 1.95. The van der Waals surface area contributed by atoms with Gasteiger partial charge in [0.2, 0.25) is 0 Å². The molecule has 0 saturated heterocycles. The van der Waals surface area contributed by atoms with Crippen molar-refractivity contribution in [3.8, 4) is 0 Å². The molecule has 1 N–H and O–H groups in total. The monoisotopic (exact) mass is 251 g/mol. The minimum Gasteiger partial charge on any atom is -0.309 e. The van der Waals surface area contributed by atoms with Gasteiger partial charge < -0.3 is 5.32 Å². The van der Waals surface area contributed by atoms with Gasteiger partial charge in [-0.25, -0.2) is 0 Å². The van der Waals surface area contributed by atoms with Crippen molar-refractivity contribution in [1.82, 2.24) is 5.32 Å². The Morgan fingerprint density at radius 2 is 2.18 bits per heavy atom.